The second-order valence-corrected chi connectivity index (χ2v) is 3.60. The minimum atomic E-state index is -4.66. The maximum absolute atomic E-state index is 12.3. The lowest BCUT2D eigenvalue weighted by atomic mass is 9.94. The van der Waals surface area contributed by atoms with Gasteiger partial charge in [-0.2, -0.15) is 13.2 Å². The first kappa shape index (κ1) is 12.7. The summed E-state index contributed by atoms with van der Waals surface area (Å²) < 4.78 is 58.6. The Kier molecular flexibility index (Phi) is 3.94. The fourth-order valence-corrected chi connectivity index (χ4v) is 1.31. The summed E-state index contributed by atoms with van der Waals surface area (Å²) >= 11 is 0. The lowest BCUT2D eigenvalue weighted by Crippen LogP contribution is -2.62. The monoisotopic (exact) mass is 230 g/mol. The molecule has 0 bridgehead atoms. The standard InChI is InChI=1S/C9H14F4O2/c1-2-3-4-14-7-5-8(6-10,15-7)9(11,12)13/h7H,2-6H2,1H3. The van der Waals surface area contributed by atoms with Gasteiger partial charge in [-0.05, 0) is 6.42 Å². The zero-order chi connectivity index (χ0) is 11.5. The summed E-state index contributed by atoms with van der Waals surface area (Å²) in [7, 11) is 0. The molecule has 6 heteroatoms. The number of hydrogen-bond acceptors (Lipinski definition) is 2. The van der Waals surface area contributed by atoms with Crippen LogP contribution in [-0.2, 0) is 9.47 Å². The molecule has 0 amide bonds. The fourth-order valence-electron chi connectivity index (χ4n) is 1.31. The molecule has 0 aliphatic carbocycles. The van der Waals surface area contributed by atoms with Gasteiger partial charge in [-0.1, -0.05) is 13.3 Å². The van der Waals surface area contributed by atoms with Crippen molar-refractivity contribution in [1.82, 2.24) is 0 Å². The van der Waals surface area contributed by atoms with Crippen molar-refractivity contribution in [2.75, 3.05) is 13.3 Å². The van der Waals surface area contributed by atoms with Gasteiger partial charge in [-0.15, -0.1) is 0 Å². The van der Waals surface area contributed by atoms with Gasteiger partial charge in [0.2, 0.25) is 0 Å². The minimum Gasteiger partial charge on any atom is -0.353 e. The van der Waals surface area contributed by atoms with Crippen LogP contribution in [0.4, 0.5) is 17.6 Å². The summed E-state index contributed by atoms with van der Waals surface area (Å²) in [6.07, 6.45) is -4.37. The van der Waals surface area contributed by atoms with Crippen LogP contribution in [0.1, 0.15) is 26.2 Å². The molecule has 90 valence electrons. The summed E-state index contributed by atoms with van der Waals surface area (Å²) in [5, 5.41) is 0. The van der Waals surface area contributed by atoms with Crippen LogP contribution in [0, 0.1) is 0 Å². The van der Waals surface area contributed by atoms with E-state index in [0.717, 1.165) is 12.8 Å². The molecule has 1 fully saturated rings. The van der Waals surface area contributed by atoms with Gasteiger partial charge in [-0.3, -0.25) is 0 Å². The van der Waals surface area contributed by atoms with Gasteiger partial charge in [0.05, 0.1) is 0 Å². The Morgan fingerprint density at radius 2 is 2.07 bits per heavy atom. The first-order chi connectivity index (χ1) is 6.95. The first-order valence-corrected chi connectivity index (χ1v) is 4.87. The first-order valence-electron chi connectivity index (χ1n) is 4.87. The highest BCUT2D eigenvalue weighted by molar-refractivity contribution is 4.96. The van der Waals surface area contributed by atoms with Crippen LogP contribution in [-0.4, -0.2) is 31.3 Å². The molecule has 0 radical (unpaired) electrons. The molecule has 1 aliphatic heterocycles. The Bertz CT molecular complexity index is 199. The number of ether oxygens (including phenoxy) is 2. The topological polar surface area (TPSA) is 18.5 Å². The van der Waals surface area contributed by atoms with E-state index in [9.17, 15) is 17.6 Å². The predicted molar refractivity (Wildman–Crippen MR) is 45.1 cm³/mol. The molecule has 15 heavy (non-hydrogen) atoms. The Morgan fingerprint density at radius 1 is 1.47 bits per heavy atom. The molecule has 0 aromatic rings. The molecule has 0 N–H and O–H groups in total. The molecule has 2 unspecified atom stereocenters. The Hall–Kier alpha value is -0.360. The molecule has 2 nitrogen and oxygen atoms in total. The predicted octanol–water partition coefficient (Wildman–Crippen LogP) is 2.82. The second-order valence-electron chi connectivity index (χ2n) is 3.60. The van der Waals surface area contributed by atoms with E-state index < -0.39 is 31.2 Å². The minimum absolute atomic E-state index is 0.349. The second kappa shape index (κ2) is 4.65. The zero-order valence-electron chi connectivity index (χ0n) is 8.44. The Balaban J connectivity index is 2.32. The third-order valence-electron chi connectivity index (χ3n) is 2.39. The maximum atomic E-state index is 12.3. The highest BCUT2D eigenvalue weighted by Crippen LogP contribution is 2.46. The number of alkyl halides is 4. The van der Waals surface area contributed by atoms with Crippen molar-refractivity contribution in [3.05, 3.63) is 0 Å². The highest BCUT2D eigenvalue weighted by Gasteiger charge is 2.64. The van der Waals surface area contributed by atoms with Gasteiger partial charge in [0, 0.05) is 13.0 Å². The molecule has 1 aliphatic rings. The number of unbranched alkanes of at least 4 members (excludes halogenated alkanes) is 1. The summed E-state index contributed by atoms with van der Waals surface area (Å²) in [6.45, 7) is 0.734. The van der Waals surface area contributed by atoms with Crippen molar-refractivity contribution < 1.29 is 27.0 Å². The van der Waals surface area contributed by atoms with Crippen LogP contribution in [0.2, 0.25) is 0 Å². The highest BCUT2D eigenvalue weighted by atomic mass is 19.4. The average Bonchev–Trinajstić information content (AvgIpc) is 2.07. The summed E-state index contributed by atoms with van der Waals surface area (Å²) in [5.74, 6) is 0. The van der Waals surface area contributed by atoms with E-state index in [-0.39, 0.29) is 0 Å². The average molecular weight is 230 g/mol. The summed E-state index contributed by atoms with van der Waals surface area (Å²) in [6, 6.07) is 0. The summed E-state index contributed by atoms with van der Waals surface area (Å²) in [5.41, 5.74) is -2.62. The summed E-state index contributed by atoms with van der Waals surface area (Å²) in [4.78, 5) is 0. The molecule has 0 spiro atoms. The molecule has 2 atom stereocenters. The van der Waals surface area contributed by atoms with Gasteiger partial charge in [0.15, 0.2) is 11.9 Å². The third kappa shape index (κ3) is 2.60. The van der Waals surface area contributed by atoms with Gasteiger partial charge in [0.1, 0.15) is 6.67 Å². The van der Waals surface area contributed by atoms with Crippen LogP contribution < -0.4 is 0 Å². The third-order valence-corrected chi connectivity index (χ3v) is 2.39. The van der Waals surface area contributed by atoms with Gasteiger partial charge in [-0.25, -0.2) is 4.39 Å². The largest absolute Gasteiger partial charge is 0.420 e. The van der Waals surface area contributed by atoms with Crippen molar-refractivity contribution in [2.45, 2.75) is 44.3 Å². The Morgan fingerprint density at radius 3 is 2.47 bits per heavy atom. The van der Waals surface area contributed by atoms with Crippen molar-refractivity contribution in [3.8, 4) is 0 Å². The maximum Gasteiger partial charge on any atom is 0.420 e. The van der Waals surface area contributed by atoms with E-state index >= 15 is 0 Å². The smallest absolute Gasteiger partial charge is 0.353 e. The van der Waals surface area contributed by atoms with Crippen LogP contribution in [0.15, 0.2) is 0 Å². The van der Waals surface area contributed by atoms with Crippen LogP contribution in [0.25, 0.3) is 0 Å². The lowest BCUT2D eigenvalue weighted by molar-refractivity contribution is -0.401. The molecule has 1 saturated heterocycles. The quantitative estimate of drug-likeness (QED) is 0.534. The fraction of sp³-hybridized carbons (Fsp3) is 1.00. The van der Waals surface area contributed by atoms with Crippen molar-refractivity contribution in [3.63, 3.8) is 0 Å². The van der Waals surface area contributed by atoms with Crippen molar-refractivity contribution in [1.29, 1.82) is 0 Å². The number of halogens is 4. The molecule has 1 heterocycles. The number of hydrogen-bond donors (Lipinski definition) is 0. The van der Waals surface area contributed by atoms with E-state index in [2.05, 4.69) is 4.74 Å². The van der Waals surface area contributed by atoms with E-state index in [1.165, 1.54) is 0 Å². The molecule has 1 rings (SSSR count). The normalized spacial score (nSPS) is 31.4. The molecule has 0 aromatic heterocycles. The van der Waals surface area contributed by atoms with E-state index in [1.807, 2.05) is 6.92 Å². The van der Waals surface area contributed by atoms with Gasteiger partial charge >= 0.3 is 6.18 Å². The van der Waals surface area contributed by atoms with Crippen LogP contribution in [0.3, 0.4) is 0 Å². The van der Waals surface area contributed by atoms with E-state index in [4.69, 9.17) is 4.74 Å². The van der Waals surface area contributed by atoms with Gasteiger partial charge in [0.25, 0.3) is 0 Å². The SMILES string of the molecule is CCCCOC1CC(CF)(C(F)(F)F)O1. The molecular weight excluding hydrogens is 216 g/mol. The van der Waals surface area contributed by atoms with Crippen molar-refractivity contribution in [2.24, 2.45) is 0 Å². The molecule has 0 saturated carbocycles. The Labute approximate surface area is 85.5 Å². The van der Waals surface area contributed by atoms with Crippen molar-refractivity contribution >= 4 is 0 Å². The molecular formula is C9H14F4O2. The number of rotatable bonds is 5. The van der Waals surface area contributed by atoms with Crippen LogP contribution >= 0.6 is 0 Å². The zero-order valence-corrected chi connectivity index (χ0v) is 8.44. The molecule has 0 aromatic carbocycles. The lowest BCUT2D eigenvalue weighted by Gasteiger charge is -2.46. The van der Waals surface area contributed by atoms with Gasteiger partial charge < -0.3 is 9.47 Å². The van der Waals surface area contributed by atoms with Crippen LogP contribution in [0.5, 0.6) is 0 Å². The van der Waals surface area contributed by atoms with E-state index in [1.54, 1.807) is 0 Å². The van der Waals surface area contributed by atoms with E-state index in [0.29, 0.717) is 6.61 Å².